The van der Waals surface area contributed by atoms with E-state index in [1.165, 1.54) is 21.0 Å². The largest absolute Gasteiger partial charge is 0.457 e. The average molecular weight is 475 g/mol. The van der Waals surface area contributed by atoms with Gasteiger partial charge in [0.25, 0.3) is 5.67 Å². The molecule has 0 radical (unpaired) electrons. The molecule has 2 N–H and O–H groups in total. The second-order valence-corrected chi connectivity index (χ2v) is 10.7. The van der Waals surface area contributed by atoms with Gasteiger partial charge in [-0.05, 0) is 45.4 Å². The van der Waals surface area contributed by atoms with Crippen LogP contribution in [0.2, 0.25) is 0 Å². The van der Waals surface area contributed by atoms with Crippen LogP contribution in [-0.2, 0) is 23.9 Å². The fourth-order valence-corrected chi connectivity index (χ4v) is 5.72. The summed E-state index contributed by atoms with van der Waals surface area (Å²) in [5.74, 6) is -5.81. The summed E-state index contributed by atoms with van der Waals surface area (Å²) in [5, 5.41) is 21.9. The number of aliphatic hydroxyl groups is 2. The van der Waals surface area contributed by atoms with E-state index in [4.69, 9.17) is 9.47 Å². The van der Waals surface area contributed by atoms with E-state index in [-0.39, 0.29) is 24.5 Å². The van der Waals surface area contributed by atoms with Crippen LogP contribution in [0.3, 0.4) is 0 Å². The molecule has 0 aromatic carbocycles. The number of carbonyl (C=O) groups is 3. The van der Waals surface area contributed by atoms with E-state index in [1.54, 1.807) is 27.7 Å². The molecule has 0 bridgehead atoms. The number of carbonyl (C=O) groups excluding carboxylic acids is 3. The minimum absolute atomic E-state index is 0.0441. The highest BCUT2D eigenvalue weighted by molar-refractivity contribution is 6.07. The summed E-state index contributed by atoms with van der Waals surface area (Å²) in [6, 6.07) is 0. The second kappa shape index (κ2) is 10.5. The first-order valence-electron chi connectivity index (χ1n) is 11.8. The summed E-state index contributed by atoms with van der Waals surface area (Å²) in [4.78, 5) is 39.3. The van der Waals surface area contributed by atoms with Crippen LogP contribution in [0.1, 0.15) is 75.2 Å². The molecule has 1 aliphatic rings. The van der Waals surface area contributed by atoms with Gasteiger partial charge in [0.05, 0.1) is 11.7 Å². The maximum absolute atomic E-state index is 15.7. The highest BCUT2D eigenvalue weighted by Gasteiger charge is 2.54. The van der Waals surface area contributed by atoms with Crippen LogP contribution in [0.5, 0.6) is 0 Å². The number of rotatable bonds is 3. The zero-order valence-corrected chi connectivity index (χ0v) is 21.8. The monoisotopic (exact) mass is 474 g/mol. The van der Waals surface area contributed by atoms with Crippen molar-refractivity contribution in [3.05, 3.63) is 0 Å². The first kappa shape index (κ1) is 29.7. The number of cyclic esters (lactones) is 1. The van der Waals surface area contributed by atoms with Gasteiger partial charge < -0.3 is 19.7 Å². The Kier molecular flexibility index (Phi) is 9.42. The lowest BCUT2D eigenvalue weighted by atomic mass is 9.66. The van der Waals surface area contributed by atoms with Crippen LogP contribution in [-0.4, -0.2) is 63.9 Å². The number of Topliss-reactive ketones (excluding diaryl/α,β-unsaturated/α-hetero) is 2. The normalized spacial score (nSPS) is 44.5. The van der Waals surface area contributed by atoms with Crippen molar-refractivity contribution in [2.24, 2.45) is 29.6 Å². The lowest BCUT2D eigenvalue weighted by molar-refractivity contribution is -0.197. The quantitative estimate of drug-likeness (QED) is 0.477. The first-order valence-corrected chi connectivity index (χ1v) is 11.8. The van der Waals surface area contributed by atoms with Gasteiger partial charge in [-0.15, -0.1) is 0 Å². The summed E-state index contributed by atoms with van der Waals surface area (Å²) in [6.45, 7) is 14.0. The van der Waals surface area contributed by atoms with Crippen LogP contribution < -0.4 is 0 Å². The maximum atomic E-state index is 15.7. The smallest absolute Gasteiger partial charge is 0.351 e. The summed E-state index contributed by atoms with van der Waals surface area (Å²) >= 11 is 0. The molecule has 9 atom stereocenters. The van der Waals surface area contributed by atoms with Gasteiger partial charge in [0, 0.05) is 24.9 Å². The van der Waals surface area contributed by atoms with Crippen LogP contribution in [0.15, 0.2) is 0 Å². The molecule has 0 aliphatic carbocycles. The van der Waals surface area contributed by atoms with Gasteiger partial charge >= 0.3 is 5.97 Å². The summed E-state index contributed by atoms with van der Waals surface area (Å²) < 4.78 is 26.8. The van der Waals surface area contributed by atoms with Crippen LogP contribution >= 0.6 is 0 Å². The molecule has 0 unspecified atom stereocenters. The third-order valence-corrected chi connectivity index (χ3v) is 7.68. The van der Waals surface area contributed by atoms with Crippen molar-refractivity contribution >= 4 is 17.5 Å². The molecular weight excluding hydrogens is 431 g/mol. The Hall–Kier alpha value is -1.38. The molecule has 0 amide bonds. The minimum atomic E-state index is -2.97. The Balaban J connectivity index is 3.72. The molecular formula is C25H43FO7. The molecule has 0 aromatic rings. The van der Waals surface area contributed by atoms with E-state index < -0.39 is 64.5 Å². The first-order chi connectivity index (χ1) is 14.9. The third kappa shape index (κ3) is 5.65. The maximum Gasteiger partial charge on any atom is 0.351 e. The van der Waals surface area contributed by atoms with E-state index in [9.17, 15) is 24.6 Å². The molecule has 33 heavy (non-hydrogen) atoms. The Morgan fingerprint density at radius 3 is 2.06 bits per heavy atom. The number of ketones is 2. The minimum Gasteiger partial charge on any atom is -0.457 e. The van der Waals surface area contributed by atoms with E-state index in [0.29, 0.717) is 0 Å². The topological polar surface area (TPSA) is 110 Å². The zero-order valence-electron chi connectivity index (χ0n) is 21.8. The number of hydrogen-bond donors (Lipinski definition) is 2. The molecule has 1 heterocycles. The fraction of sp³-hybridized carbons (Fsp3) is 0.880. The third-order valence-electron chi connectivity index (χ3n) is 7.68. The van der Waals surface area contributed by atoms with E-state index >= 15 is 4.39 Å². The van der Waals surface area contributed by atoms with Crippen molar-refractivity contribution in [2.75, 3.05) is 7.11 Å². The van der Waals surface area contributed by atoms with Crippen molar-refractivity contribution in [1.82, 2.24) is 0 Å². The Labute approximate surface area is 197 Å². The standard InChI is InChI=1S/C25H43FO7/c1-11-17-25(9,31)21(29)16(6)19(27)14(4)12-23(7,32-10)18(13(2)3)15(5)20(28)24(8,26)22(30)33-17/h13-18,21,29,31H,11-12H2,1-10H3/t14-,15-,16+,17-,18-,21-,23-,24+,25-/m1/s1. The summed E-state index contributed by atoms with van der Waals surface area (Å²) in [6.07, 6.45) is -2.64. The van der Waals surface area contributed by atoms with Crippen LogP contribution in [0, 0.1) is 29.6 Å². The molecule has 0 saturated carbocycles. The lowest BCUT2D eigenvalue weighted by Gasteiger charge is -2.45. The average Bonchev–Trinajstić information content (AvgIpc) is 2.73. The van der Waals surface area contributed by atoms with Gasteiger partial charge in [-0.1, -0.05) is 41.5 Å². The van der Waals surface area contributed by atoms with E-state index in [2.05, 4.69) is 0 Å². The Bertz CT molecular complexity index is 732. The van der Waals surface area contributed by atoms with Crippen molar-refractivity contribution in [2.45, 2.75) is 104 Å². The SMILES string of the molecule is CC[C@H]1OC(=O)[C@@](C)(F)C(=O)[C@H](C)[C@@H](C(C)C)[C@](C)(OC)C[C@@H](C)C(=O)[C@H](C)[C@@H](O)[C@]1(C)O. The fourth-order valence-electron chi connectivity index (χ4n) is 5.72. The number of ether oxygens (including phenoxy) is 2. The molecule has 1 saturated heterocycles. The van der Waals surface area contributed by atoms with Gasteiger partial charge in [-0.25, -0.2) is 9.18 Å². The second-order valence-electron chi connectivity index (χ2n) is 10.7. The molecule has 1 fully saturated rings. The molecule has 1 rings (SSSR count). The van der Waals surface area contributed by atoms with Crippen molar-refractivity contribution in [3.63, 3.8) is 0 Å². The molecule has 0 spiro atoms. The number of alkyl halides is 1. The van der Waals surface area contributed by atoms with E-state index in [1.807, 2.05) is 13.8 Å². The van der Waals surface area contributed by atoms with Crippen molar-refractivity contribution in [1.29, 1.82) is 0 Å². The Morgan fingerprint density at radius 1 is 1.12 bits per heavy atom. The van der Waals surface area contributed by atoms with Crippen LogP contribution in [0.4, 0.5) is 4.39 Å². The van der Waals surface area contributed by atoms with Gasteiger partial charge in [0.15, 0.2) is 5.78 Å². The highest BCUT2D eigenvalue weighted by Crippen LogP contribution is 2.42. The van der Waals surface area contributed by atoms with E-state index in [0.717, 1.165) is 6.92 Å². The number of aliphatic hydroxyl groups excluding tert-OH is 1. The Morgan fingerprint density at radius 2 is 1.64 bits per heavy atom. The van der Waals surface area contributed by atoms with Crippen molar-refractivity contribution < 1.29 is 38.5 Å². The van der Waals surface area contributed by atoms with Gasteiger partial charge in [-0.2, -0.15) is 0 Å². The lowest BCUT2D eigenvalue weighted by Crippen LogP contribution is -2.58. The molecule has 7 nitrogen and oxygen atoms in total. The molecule has 0 aromatic heterocycles. The number of esters is 1. The number of hydrogen-bond acceptors (Lipinski definition) is 7. The van der Waals surface area contributed by atoms with Gasteiger partial charge in [-0.3, -0.25) is 9.59 Å². The number of methoxy groups -OCH3 is 1. The number of halogens is 1. The van der Waals surface area contributed by atoms with Crippen LogP contribution in [0.25, 0.3) is 0 Å². The molecule has 8 heteroatoms. The van der Waals surface area contributed by atoms with Gasteiger partial charge in [0.1, 0.15) is 17.5 Å². The predicted molar refractivity (Wildman–Crippen MR) is 122 cm³/mol. The predicted octanol–water partition coefficient (Wildman–Crippen LogP) is 3.28. The molecule has 1 aliphatic heterocycles. The van der Waals surface area contributed by atoms with Gasteiger partial charge in [0.2, 0.25) is 0 Å². The summed E-state index contributed by atoms with van der Waals surface area (Å²) in [7, 11) is 1.48. The highest BCUT2D eigenvalue weighted by atomic mass is 19.1. The summed E-state index contributed by atoms with van der Waals surface area (Å²) in [5.41, 5.74) is -6.01. The van der Waals surface area contributed by atoms with Crippen molar-refractivity contribution in [3.8, 4) is 0 Å². The molecule has 192 valence electrons. The zero-order chi connectivity index (χ0) is 26.1.